The summed E-state index contributed by atoms with van der Waals surface area (Å²) in [4.78, 5) is 0. The molecular weight excluding hydrogens is 150 g/mol. The Labute approximate surface area is 75.5 Å². The van der Waals surface area contributed by atoms with Gasteiger partial charge in [0.25, 0.3) is 0 Å². The van der Waals surface area contributed by atoms with Crippen LogP contribution in [0.25, 0.3) is 0 Å². The van der Waals surface area contributed by atoms with Crippen LogP contribution in [-0.2, 0) is 4.74 Å². The number of hydrogen-bond donors (Lipinski definition) is 1. The second kappa shape index (κ2) is 4.83. The Balaban J connectivity index is 2.48. The SMILES string of the molecule is COC1(CCN)CCCCCC1. The molecule has 0 amide bonds. The summed E-state index contributed by atoms with van der Waals surface area (Å²) in [5.41, 5.74) is 5.72. The maximum absolute atomic E-state index is 5.62. The molecule has 0 saturated heterocycles. The molecular formula is C10H21NO. The van der Waals surface area contributed by atoms with Gasteiger partial charge in [-0.05, 0) is 25.8 Å². The molecule has 0 aromatic rings. The highest BCUT2D eigenvalue weighted by Gasteiger charge is 2.29. The van der Waals surface area contributed by atoms with Crippen LogP contribution < -0.4 is 5.73 Å². The molecule has 1 aliphatic rings. The molecule has 0 spiro atoms. The van der Waals surface area contributed by atoms with Crippen LogP contribution in [0.2, 0.25) is 0 Å². The first-order valence-electron chi connectivity index (χ1n) is 5.08. The van der Waals surface area contributed by atoms with Crippen molar-refractivity contribution in [2.75, 3.05) is 13.7 Å². The molecule has 1 saturated carbocycles. The van der Waals surface area contributed by atoms with Crippen molar-refractivity contribution in [3.8, 4) is 0 Å². The van der Waals surface area contributed by atoms with Gasteiger partial charge in [-0.25, -0.2) is 0 Å². The Morgan fingerprint density at radius 1 is 1.17 bits per heavy atom. The smallest absolute Gasteiger partial charge is 0.0690 e. The average Bonchev–Trinajstić information content (AvgIpc) is 2.32. The first kappa shape index (κ1) is 10.0. The van der Waals surface area contributed by atoms with E-state index in [2.05, 4.69) is 0 Å². The minimum Gasteiger partial charge on any atom is -0.378 e. The molecule has 1 aliphatic carbocycles. The van der Waals surface area contributed by atoms with Gasteiger partial charge in [0.2, 0.25) is 0 Å². The van der Waals surface area contributed by atoms with E-state index < -0.39 is 0 Å². The van der Waals surface area contributed by atoms with Crippen molar-refractivity contribution < 1.29 is 4.74 Å². The monoisotopic (exact) mass is 171 g/mol. The zero-order valence-corrected chi connectivity index (χ0v) is 8.14. The highest BCUT2D eigenvalue weighted by molar-refractivity contribution is 4.82. The maximum atomic E-state index is 5.62. The third kappa shape index (κ3) is 2.46. The van der Waals surface area contributed by atoms with Gasteiger partial charge in [0.05, 0.1) is 5.60 Å². The van der Waals surface area contributed by atoms with Gasteiger partial charge in [-0.1, -0.05) is 25.7 Å². The normalized spacial score (nSPS) is 23.5. The van der Waals surface area contributed by atoms with Gasteiger partial charge in [0.15, 0.2) is 0 Å². The number of methoxy groups -OCH3 is 1. The summed E-state index contributed by atoms with van der Waals surface area (Å²) >= 11 is 0. The molecule has 1 fully saturated rings. The molecule has 72 valence electrons. The van der Waals surface area contributed by atoms with Gasteiger partial charge in [0.1, 0.15) is 0 Å². The fraction of sp³-hybridized carbons (Fsp3) is 1.00. The van der Waals surface area contributed by atoms with Crippen LogP contribution in [0.4, 0.5) is 0 Å². The van der Waals surface area contributed by atoms with Crippen molar-refractivity contribution in [3.05, 3.63) is 0 Å². The van der Waals surface area contributed by atoms with Gasteiger partial charge < -0.3 is 10.5 Å². The molecule has 2 heteroatoms. The van der Waals surface area contributed by atoms with Crippen molar-refractivity contribution >= 4 is 0 Å². The van der Waals surface area contributed by atoms with E-state index in [4.69, 9.17) is 10.5 Å². The summed E-state index contributed by atoms with van der Waals surface area (Å²) < 4.78 is 5.62. The number of ether oxygens (including phenoxy) is 1. The molecule has 0 unspecified atom stereocenters. The van der Waals surface area contributed by atoms with Crippen molar-refractivity contribution in [2.45, 2.75) is 50.5 Å². The first-order valence-corrected chi connectivity index (χ1v) is 5.08. The zero-order valence-electron chi connectivity index (χ0n) is 8.14. The molecule has 0 bridgehead atoms. The van der Waals surface area contributed by atoms with Gasteiger partial charge in [-0.15, -0.1) is 0 Å². The van der Waals surface area contributed by atoms with E-state index >= 15 is 0 Å². The van der Waals surface area contributed by atoms with E-state index in [0.717, 1.165) is 13.0 Å². The molecule has 12 heavy (non-hydrogen) atoms. The Morgan fingerprint density at radius 3 is 2.17 bits per heavy atom. The van der Waals surface area contributed by atoms with Crippen molar-refractivity contribution in [1.29, 1.82) is 0 Å². The number of nitrogens with two attached hydrogens (primary N) is 1. The lowest BCUT2D eigenvalue weighted by atomic mass is 9.90. The van der Waals surface area contributed by atoms with E-state index in [1.807, 2.05) is 7.11 Å². The Hall–Kier alpha value is -0.0800. The Morgan fingerprint density at radius 2 is 1.75 bits per heavy atom. The molecule has 1 rings (SSSR count). The summed E-state index contributed by atoms with van der Waals surface area (Å²) in [6, 6.07) is 0. The van der Waals surface area contributed by atoms with Crippen LogP contribution in [0, 0.1) is 0 Å². The number of hydrogen-bond acceptors (Lipinski definition) is 2. The molecule has 2 nitrogen and oxygen atoms in total. The van der Waals surface area contributed by atoms with Crippen LogP contribution in [0.1, 0.15) is 44.9 Å². The van der Waals surface area contributed by atoms with E-state index in [9.17, 15) is 0 Å². The maximum Gasteiger partial charge on any atom is 0.0690 e. The Bertz CT molecular complexity index is 117. The van der Waals surface area contributed by atoms with E-state index in [-0.39, 0.29) is 5.60 Å². The van der Waals surface area contributed by atoms with E-state index in [1.165, 1.54) is 38.5 Å². The molecule has 0 aromatic carbocycles. The predicted octanol–water partition coefficient (Wildman–Crippen LogP) is 2.07. The van der Waals surface area contributed by atoms with Crippen molar-refractivity contribution in [3.63, 3.8) is 0 Å². The summed E-state index contributed by atoms with van der Waals surface area (Å²) in [6.07, 6.45) is 8.82. The summed E-state index contributed by atoms with van der Waals surface area (Å²) in [5.74, 6) is 0. The second-order valence-electron chi connectivity index (χ2n) is 3.84. The van der Waals surface area contributed by atoms with Crippen molar-refractivity contribution in [2.24, 2.45) is 5.73 Å². The molecule has 0 radical (unpaired) electrons. The van der Waals surface area contributed by atoms with Crippen LogP contribution in [0.3, 0.4) is 0 Å². The predicted molar refractivity (Wildman–Crippen MR) is 51.1 cm³/mol. The standard InChI is InChI=1S/C10H21NO/c1-12-10(8-9-11)6-4-2-3-5-7-10/h2-9,11H2,1H3. The van der Waals surface area contributed by atoms with E-state index in [1.54, 1.807) is 0 Å². The fourth-order valence-corrected chi connectivity index (χ4v) is 2.19. The van der Waals surface area contributed by atoms with Gasteiger partial charge in [-0.2, -0.15) is 0 Å². The average molecular weight is 171 g/mol. The highest BCUT2D eigenvalue weighted by Crippen LogP contribution is 2.32. The summed E-state index contributed by atoms with van der Waals surface area (Å²) in [6.45, 7) is 0.758. The lowest BCUT2D eigenvalue weighted by Crippen LogP contribution is -2.33. The lowest BCUT2D eigenvalue weighted by Gasteiger charge is -2.30. The van der Waals surface area contributed by atoms with Gasteiger partial charge in [-0.3, -0.25) is 0 Å². The molecule has 0 aliphatic heterocycles. The van der Waals surface area contributed by atoms with Crippen molar-refractivity contribution in [1.82, 2.24) is 0 Å². The minimum atomic E-state index is 0.130. The first-order chi connectivity index (χ1) is 5.83. The molecule has 0 heterocycles. The minimum absolute atomic E-state index is 0.130. The molecule has 2 N–H and O–H groups in total. The summed E-state index contributed by atoms with van der Waals surface area (Å²) in [7, 11) is 1.83. The van der Waals surface area contributed by atoms with Gasteiger partial charge in [0, 0.05) is 7.11 Å². The van der Waals surface area contributed by atoms with Crippen LogP contribution in [-0.4, -0.2) is 19.3 Å². The van der Waals surface area contributed by atoms with Crippen LogP contribution in [0.5, 0.6) is 0 Å². The van der Waals surface area contributed by atoms with E-state index in [0.29, 0.717) is 0 Å². The largest absolute Gasteiger partial charge is 0.378 e. The zero-order chi connectivity index (χ0) is 8.86. The number of rotatable bonds is 3. The highest BCUT2D eigenvalue weighted by atomic mass is 16.5. The fourth-order valence-electron chi connectivity index (χ4n) is 2.19. The van der Waals surface area contributed by atoms with Crippen LogP contribution in [0.15, 0.2) is 0 Å². The third-order valence-electron chi connectivity index (χ3n) is 3.05. The summed E-state index contributed by atoms with van der Waals surface area (Å²) in [5, 5.41) is 0. The quantitative estimate of drug-likeness (QED) is 0.660. The molecule has 0 atom stereocenters. The third-order valence-corrected chi connectivity index (χ3v) is 3.05. The topological polar surface area (TPSA) is 35.2 Å². The Kier molecular flexibility index (Phi) is 4.02. The van der Waals surface area contributed by atoms with Gasteiger partial charge >= 0.3 is 0 Å². The van der Waals surface area contributed by atoms with Crippen LogP contribution >= 0.6 is 0 Å². The lowest BCUT2D eigenvalue weighted by molar-refractivity contribution is -0.0274. The molecule has 0 aromatic heterocycles. The second-order valence-corrected chi connectivity index (χ2v) is 3.84.